The zero-order chi connectivity index (χ0) is 18.7. The summed E-state index contributed by atoms with van der Waals surface area (Å²) in [5, 5.41) is 3.18. The Hall–Kier alpha value is -2.49. The number of benzene rings is 2. The number of nitrogens with one attached hydrogen (secondary N) is 1. The van der Waals surface area contributed by atoms with Gasteiger partial charge in [0.1, 0.15) is 17.1 Å². The van der Waals surface area contributed by atoms with Crippen LogP contribution in [-0.4, -0.2) is 17.6 Å². The molecule has 2 aromatic rings. The minimum atomic E-state index is -0.516. The van der Waals surface area contributed by atoms with Crippen LogP contribution in [0.25, 0.3) is 0 Å². The molecule has 4 nitrogen and oxygen atoms in total. The van der Waals surface area contributed by atoms with Crippen molar-refractivity contribution >= 4 is 5.91 Å². The molecular weight excluding hydrogens is 326 g/mol. The molecule has 0 fully saturated rings. The number of carbonyl (C=O) groups is 1. The molecule has 3 rings (SSSR count). The molecule has 1 aliphatic heterocycles. The zero-order valence-electron chi connectivity index (χ0n) is 15.9. The molecule has 0 bridgehead atoms. The molecule has 0 saturated carbocycles. The van der Waals surface area contributed by atoms with Gasteiger partial charge in [0.05, 0.1) is 6.04 Å². The Balaban J connectivity index is 1.77. The van der Waals surface area contributed by atoms with E-state index in [2.05, 4.69) is 25.2 Å². The lowest BCUT2D eigenvalue weighted by atomic mass is 9.89. The fourth-order valence-electron chi connectivity index (χ4n) is 3.34. The van der Waals surface area contributed by atoms with Crippen LogP contribution in [0.5, 0.6) is 11.5 Å². The summed E-state index contributed by atoms with van der Waals surface area (Å²) in [7, 11) is 0. The Morgan fingerprint density at radius 1 is 1.27 bits per heavy atom. The number of rotatable bonds is 5. The van der Waals surface area contributed by atoms with E-state index in [1.54, 1.807) is 0 Å². The van der Waals surface area contributed by atoms with E-state index >= 15 is 0 Å². The summed E-state index contributed by atoms with van der Waals surface area (Å²) in [6, 6.07) is 15.5. The van der Waals surface area contributed by atoms with Crippen molar-refractivity contribution < 1.29 is 14.3 Å². The Morgan fingerprint density at radius 3 is 2.69 bits per heavy atom. The van der Waals surface area contributed by atoms with Crippen molar-refractivity contribution in [1.82, 2.24) is 5.32 Å². The fourth-order valence-corrected chi connectivity index (χ4v) is 3.34. The molecule has 4 heteroatoms. The second-order valence-corrected chi connectivity index (χ2v) is 7.50. The molecule has 1 N–H and O–H groups in total. The van der Waals surface area contributed by atoms with Gasteiger partial charge in [-0.1, -0.05) is 37.3 Å². The third kappa shape index (κ3) is 4.18. The molecule has 0 aromatic heterocycles. The first-order chi connectivity index (χ1) is 12.4. The van der Waals surface area contributed by atoms with E-state index in [0.29, 0.717) is 12.2 Å². The number of aryl methyl sites for hydroxylation is 1. The molecule has 1 amide bonds. The van der Waals surface area contributed by atoms with Crippen molar-refractivity contribution in [2.24, 2.45) is 0 Å². The van der Waals surface area contributed by atoms with Crippen LogP contribution < -0.4 is 14.8 Å². The predicted molar refractivity (Wildman–Crippen MR) is 103 cm³/mol. The molecule has 1 aliphatic rings. The maximum atomic E-state index is 12.9. The van der Waals surface area contributed by atoms with Crippen LogP contribution in [0.3, 0.4) is 0 Å². The van der Waals surface area contributed by atoms with Gasteiger partial charge in [0.25, 0.3) is 5.91 Å². The summed E-state index contributed by atoms with van der Waals surface area (Å²) < 4.78 is 12.0. The molecule has 0 aliphatic carbocycles. The molecule has 0 radical (unpaired) electrons. The van der Waals surface area contributed by atoms with Gasteiger partial charge in [-0.3, -0.25) is 4.79 Å². The lowest BCUT2D eigenvalue weighted by Gasteiger charge is -2.38. The second kappa shape index (κ2) is 7.40. The molecule has 26 heavy (non-hydrogen) atoms. The summed E-state index contributed by atoms with van der Waals surface area (Å²) in [5.74, 6) is 1.46. The van der Waals surface area contributed by atoms with Crippen molar-refractivity contribution in [3.8, 4) is 11.5 Å². The number of para-hydroxylation sites is 1. The van der Waals surface area contributed by atoms with Gasteiger partial charge in [-0.2, -0.15) is 0 Å². The van der Waals surface area contributed by atoms with Crippen molar-refractivity contribution in [3.05, 3.63) is 59.7 Å². The number of carbonyl (C=O) groups excluding carboxylic acids is 1. The monoisotopic (exact) mass is 353 g/mol. The van der Waals surface area contributed by atoms with Crippen molar-refractivity contribution in [2.75, 3.05) is 0 Å². The SMILES string of the molecule is CCC(Oc1ccccc1)C(=O)NC1CC(C)(C)Oc2cc(C)ccc21. The number of hydrogen-bond donors (Lipinski definition) is 1. The van der Waals surface area contributed by atoms with E-state index in [-0.39, 0.29) is 17.6 Å². The minimum Gasteiger partial charge on any atom is -0.487 e. The van der Waals surface area contributed by atoms with E-state index in [9.17, 15) is 4.79 Å². The summed E-state index contributed by atoms with van der Waals surface area (Å²) in [5.41, 5.74) is 1.84. The quantitative estimate of drug-likeness (QED) is 0.856. The van der Waals surface area contributed by atoms with Crippen LogP contribution in [0.2, 0.25) is 0 Å². The Morgan fingerprint density at radius 2 is 2.00 bits per heavy atom. The molecule has 0 saturated heterocycles. The molecule has 138 valence electrons. The van der Waals surface area contributed by atoms with Gasteiger partial charge in [0.2, 0.25) is 0 Å². The van der Waals surface area contributed by atoms with Gasteiger partial charge in [0, 0.05) is 12.0 Å². The smallest absolute Gasteiger partial charge is 0.261 e. The normalized spacial score (nSPS) is 19.0. The molecule has 2 unspecified atom stereocenters. The molecule has 2 aromatic carbocycles. The first kappa shape index (κ1) is 18.3. The largest absolute Gasteiger partial charge is 0.487 e. The highest BCUT2D eigenvalue weighted by Crippen LogP contribution is 2.40. The first-order valence-corrected chi connectivity index (χ1v) is 9.19. The summed E-state index contributed by atoms with van der Waals surface area (Å²) in [6.45, 7) is 8.10. The van der Waals surface area contributed by atoms with Gasteiger partial charge in [-0.05, 0) is 51.0 Å². The van der Waals surface area contributed by atoms with Crippen LogP contribution in [-0.2, 0) is 4.79 Å². The average Bonchev–Trinajstić information content (AvgIpc) is 2.59. The highest BCUT2D eigenvalue weighted by Gasteiger charge is 2.35. The molecule has 0 spiro atoms. The number of amides is 1. The predicted octanol–water partition coefficient (Wildman–Crippen LogP) is 4.57. The van der Waals surface area contributed by atoms with E-state index in [4.69, 9.17) is 9.47 Å². The van der Waals surface area contributed by atoms with Crippen LogP contribution in [0.15, 0.2) is 48.5 Å². The first-order valence-electron chi connectivity index (χ1n) is 9.19. The lowest BCUT2D eigenvalue weighted by molar-refractivity contribution is -0.129. The van der Waals surface area contributed by atoms with Gasteiger partial charge in [0.15, 0.2) is 6.10 Å². The minimum absolute atomic E-state index is 0.0877. The van der Waals surface area contributed by atoms with Gasteiger partial charge >= 0.3 is 0 Å². The summed E-state index contributed by atoms with van der Waals surface area (Å²) in [4.78, 5) is 12.9. The van der Waals surface area contributed by atoms with E-state index in [1.165, 1.54) is 0 Å². The Labute approximate surface area is 155 Å². The van der Waals surface area contributed by atoms with Crippen molar-refractivity contribution in [2.45, 2.75) is 58.3 Å². The molecule has 1 heterocycles. The zero-order valence-corrected chi connectivity index (χ0v) is 15.9. The van der Waals surface area contributed by atoms with E-state index in [0.717, 1.165) is 23.3 Å². The lowest BCUT2D eigenvalue weighted by Crippen LogP contribution is -2.45. The van der Waals surface area contributed by atoms with Crippen LogP contribution in [0.1, 0.15) is 50.8 Å². The summed E-state index contributed by atoms with van der Waals surface area (Å²) in [6.07, 6.45) is 0.808. The maximum Gasteiger partial charge on any atom is 0.261 e. The molecule has 2 atom stereocenters. The number of ether oxygens (including phenoxy) is 2. The summed E-state index contributed by atoms with van der Waals surface area (Å²) >= 11 is 0. The molecular formula is C22H27NO3. The van der Waals surface area contributed by atoms with Gasteiger partial charge < -0.3 is 14.8 Å². The Bertz CT molecular complexity index is 770. The average molecular weight is 353 g/mol. The topological polar surface area (TPSA) is 47.6 Å². The Kier molecular flexibility index (Phi) is 5.21. The third-order valence-electron chi connectivity index (χ3n) is 4.63. The second-order valence-electron chi connectivity index (χ2n) is 7.50. The fraction of sp³-hybridized carbons (Fsp3) is 0.409. The van der Waals surface area contributed by atoms with Crippen LogP contribution in [0.4, 0.5) is 0 Å². The number of fused-ring (bicyclic) bond motifs is 1. The number of hydrogen-bond acceptors (Lipinski definition) is 3. The van der Waals surface area contributed by atoms with E-state index < -0.39 is 6.10 Å². The van der Waals surface area contributed by atoms with Gasteiger partial charge in [-0.15, -0.1) is 0 Å². The van der Waals surface area contributed by atoms with Crippen LogP contribution in [0, 0.1) is 6.92 Å². The third-order valence-corrected chi connectivity index (χ3v) is 4.63. The van der Waals surface area contributed by atoms with Gasteiger partial charge in [-0.25, -0.2) is 0 Å². The van der Waals surface area contributed by atoms with Crippen molar-refractivity contribution in [1.29, 1.82) is 0 Å². The standard InChI is InChI=1S/C22H27NO3/c1-5-19(25-16-9-7-6-8-10-16)21(24)23-18-14-22(3,4)26-20-13-15(2)11-12-17(18)20/h6-13,18-19H,5,14H2,1-4H3,(H,23,24). The highest BCUT2D eigenvalue weighted by molar-refractivity contribution is 5.81. The van der Waals surface area contributed by atoms with Crippen molar-refractivity contribution in [3.63, 3.8) is 0 Å². The maximum absolute atomic E-state index is 12.9. The highest BCUT2D eigenvalue weighted by atomic mass is 16.5. The van der Waals surface area contributed by atoms with E-state index in [1.807, 2.05) is 56.3 Å². The van der Waals surface area contributed by atoms with Crippen LogP contribution >= 0.6 is 0 Å².